The van der Waals surface area contributed by atoms with Crippen molar-refractivity contribution in [2.45, 2.75) is 26.2 Å². The summed E-state index contributed by atoms with van der Waals surface area (Å²) in [5, 5.41) is 10.4. The summed E-state index contributed by atoms with van der Waals surface area (Å²) < 4.78 is 0.305. The third-order valence-corrected chi connectivity index (χ3v) is 4.28. The number of thiocarbonyl (C=S) groups is 1. The molecule has 0 radical (unpaired) electrons. The number of thioether (sulfide) groups is 1. The average Bonchev–Trinajstić information content (AvgIpc) is 2.75. The van der Waals surface area contributed by atoms with E-state index in [4.69, 9.17) is 12.2 Å². The summed E-state index contributed by atoms with van der Waals surface area (Å²) in [7, 11) is 0. The third-order valence-electron chi connectivity index (χ3n) is 2.98. The minimum absolute atomic E-state index is 0.160. The van der Waals surface area contributed by atoms with Crippen molar-refractivity contribution in [1.29, 1.82) is 0 Å². The molecule has 0 atom stereocenters. The van der Waals surface area contributed by atoms with Crippen molar-refractivity contribution in [3.63, 3.8) is 0 Å². The minimum Gasteiger partial charge on any atom is -0.508 e. The Kier molecular flexibility index (Phi) is 5.57. The zero-order chi connectivity index (χ0) is 16.1. The first kappa shape index (κ1) is 16.5. The zero-order valence-electron chi connectivity index (χ0n) is 12.0. The minimum atomic E-state index is -0.340. The van der Waals surface area contributed by atoms with Crippen molar-refractivity contribution in [1.82, 2.24) is 10.4 Å². The number of hydrazine groups is 1. The van der Waals surface area contributed by atoms with Gasteiger partial charge in [-0.05, 0) is 42.4 Å². The topological polar surface area (TPSA) is 69.6 Å². The Bertz CT molecular complexity index is 626. The zero-order valence-corrected chi connectivity index (χ0v) is 13.7. The molecular weight excluding hydrogens is 320 g/mol. The Morgan fingerprint density at radius 1 is 1.41 bits per heavy atom. The highest BCUT2D eigenvalue weighted by Crippen LogP contribution is 2.31. The Balaban J connectivity index is 2.08. The van der Waals surface area contributed by atoms with Crippen molar-refractivity contribution < 1.29 is 14.7 Å². The molecule has 1 aliphatic rings. The van der Waals surface area contributed by atoms with Crippen LogP contribution < -0.4 is 5.43 Å². The van der Waals surface area contributed by atoms with Gasteiger partial charge in [-0.2, -0.15) is 5.01 Å². The SMILES string of the molecule is CCCCC(=O)NN1C(=O)/C(=C\c2ccc(O)cc2)SC1=S. The van der Waals surface area contributed by atoms with E-state index in [-0.39, 0.29) is 17.6 Å². The number of carbonyl (C=O) groups is 2. The van der Waals surface area contributed by atoms with Gasteiger partial charge in [0.25, 0.3) is 5.91 Å². The summed E-state index contributed by atoms with van der Waals surface area (Å²) in [5.74, 6) is -0.398. The first-order valence-corrected chi connectivity index (χ1v) is 8.10. The van der Waals surface area contributed by atoms with Gasteiger partial charge in [-0.15, -0.1) is 0 Å². The van der Waals surface area contributed by atoms with Crippen LogP contribution in [0.25, 0.3) is 6.08 Å². The molecule has 1 fully saturated rings. The number of hydrogen-bond donors (Lipinski definition) is 2. The Morgan fingerprint density at radius 2 is 2.09 bits per heavy atom. The van der Waals surface area contributed by atoms with E-state index in [1.807, 2.05) is 6.92 Å². The lowest BCUT2D eigenvalue weighted by Crippen LogP contribution is -2.44. The number of unbranched alkanes of at least 4 members (excludes halogenated alkanes) is 1. The molecular formula is C15H16N2O3S2. The maximum absolute atomic E-state index is 12.3. The fourth-order valence-electron chi connectivity index (χ4n) is 1.80. The maximum Gasteiger partial charge on any atom is 0.285 e. The van der Waals surface area contributed by atoms with Gasteiger partial charge in [0.15, 0.2) is 4.32 Å². The molecule has 1 aliphatic heterocycles. The summed E-state index contributed by atoms with van der Waals surface area (Å²) in [5.41, 5.74) is 3.31. The highest BCUT2D eigenvalue weighted by atomic mass is 32.2. The van der Waals surface area contributed by atoms with Gasteiger partial charge in [0.05, 0.1) is 4.91 Å². The molecule has 0 saturated carbocycles. The monoisotopic (exact) mass is 336 g/mol. The number of phenolic OH excluding ortho intramolecular Hbond substituents is 1. The molecule has 0 bridgehead atoms. The normalized spacial score (nSPS) is 16.4. The molecule has 5 nitrogen and oxygen atoms in total. The van der Waals surface area contributed by atoms with Gasteiger partial charge in [-0.25, -0.2) is 0 Å². The quantitative estimate of drug-likeness (QED) is 0.639. The number of amides is 2. The predicted octanol–water partition coefficient (Wildman–Crippen LogP) is 2.81. The summed E-state index contributed by atoms with van der Waals surface area (Å²) >= 11 is 6.27. The second-order valence-corrected chi connectivity index (χ2v) is 6.42. The molecule has 0 unspecified atom stereocenters. The van der Waals surface area contributed by atoms with Crippen LogP contribution >= 0.6 is 24.0 Å². The number of aromatic hydroxyl groups is 1. The lowest BCUT2D eigenvalue weighted by atomic mass is 10.2. The summed E-state index contributed by atoms with van der Waals surface area (Å²) in [4.78, 5) is 24.4. The lowest BCUT2D eigenvalue weighted by Gasteiger charge is -2.15. The number of nitrogens with one attached hydrogen (secondary N) is 1. The van der Waals surface area contributed by atoms with Crippen molar-refractivity contribution in [3.05, 3.63) is 34.7 Å². The molecule has 0 aliphatic carbocycles. The van der Waals surface area contributed by atoms with Crippen LogP contribution in [-0.2, 0) is 9.59 Å². The van der Waals surface area contributed by atoms with Crippen molar-refractivity contribution in [2.24, 2.45) is 0 Å². The van der Waals surface area contributed by atoms with Gasteiger partial charge in [-0.3, -0.25) is 15.0 Å². The Labute approximate surface area is 138 Å². The highest BCUT2D eigenvalue weighted by molar-refractivity contribution is 8.26. The third kappa shape index (κ3) is 4.08. The Morgan fingerprint density at radius 3 is 2.73 bits per heavy atom. The van der Waals surface area contributed by atoms with E-state index in [1.165, 1.54) is 0 Å². The molecule has 1 heterocycles. The van der Waals surface area contributed by atoms with Gasteiger partial charge in [0, 0.05) is 6.42 Å². The van der Waals surface area contributed by atoms with Crippen LogP contribution in [-0.4, -0.2) is 26.3 Å². The molecule has 0 spiro atoms. The van der Waals surface area contributed by atoms with E-state index in [1.54, 1.807) is 30.3 Å². The number of carbonyl (C=O) groups excluding carboxylic acids is 2. The fraction of sp³-hybridized carbons (Fsp3) is 0.267. The number of nitrogens with zero attached hydrogens (tertiary/aromatic N) is 1. The summed E-state index contributed by atoms with van der Waals surface area (Å²) in [6.45, 7) is 1.99. The largest absolute Gasteiger partial charge is 0.508 e. The molecule has 2 amide bonds. The van der Waals surface area contributed by atoms with Crippen LogP contribution in [0, 0.1) is 0 Å². The maximum atomic E-state index is 12.3. The molecule has 1 aromatic rings. The van der Waals surface area contributed by atoms with E-state index >= 15 is 0 Å². The second-order valence-electron chi connectivity index (χ2n) is 4.75. The smallest absolute Gasteiger partial charge is 0.285 e. The number of hydrogen-bond acceptors (Lipinski definition) is 5. The van der Waals surface area contributed by atoms with Crippen molar-refractivity contribution >= 4 is 46.2 Å². The molecule has 1 aromatic carbocycles. The predicted molar refractivity (Wildman–Crippen MR) is 90.8 cm³/mol. The van der Waals surface area contributed by atoms with Gasteiger partial charge in [-0.1, -0.05) is 37.2 Å². The van der Waals surface area contributed by atoms with Crippen molar-refractivity contribution in [3.8, 4) is 5.75 Å². The van der Waals surface area contributed by atoms with E-state index < -0.39 is 0 Å². The molecule has 0 aromatic heterocycles. The van der Waals surface area contributed by atoms with Crippen LogP contribution in [0.2, 0.25) is 0 Å². The van der Waals surface area contributed by atoms with E-state index in [0.717, 1.165) is 35.2 Å². The number of rotatable bonds is 5. The summed E-state index contributed by atoms with van der Waals surface area (Å²) in [6.07, 6.45) is 3.72. The van der Waals surface area contributed by atoms with Crippen LogP contribution in [0.3, 0.4) is 0 Å². The van der Waals surface area contributed by atoms with Crippen LogP contribution in [0.15, 0.2) is 29.2 Å². The highest BCUT2D eigenvalue weighted by Gasteiger charge is 2.33. The van der Waals surface area contributed by atoms with Gasteiger partial charge in [0.1, 0.15) is 5.75 Å². The van der Waals surface area contributed by atoms with Gasteiger partial charge >= 0.3 is 0 Å². The molecule has 7 heteroatoms. The standard InChI is InChI=1S/C15H16N2O3S2/c1-2-3-4-13(19)16-17-14(20)12(22-15(17)21)9-10-5-7-11(18)8-6-10/h5-9,18H,2-4H2,1H3,(H,16,19)/b12-9+. The van der Waals surface area contributed by atoms with Crippen LogP contribution in [0.5, 0.6) is 5.75 Å². The van der Waals surface area contributed by atoms with E-state index in [2.05, 4.69) is 5.43 Å². The molecule has 22 heavy (non-hydrogen) atoms. The summed E-state index contributed by atoms with van der Waals surface area (Å²) in [6, 6.07) is 6.47. The molecule has 1 saturated heterocycles. The first-order valence-electron chi connectivity index (χ1n) is 6.87. The number of benzene rings is 1. The fourth-order valence-corrected chi connectivity index (χ4v) is 2.98. The Hall–Kier alpha value is -1.86. The second kappa shape index (κ2) is 7.42. The molecule has 2 N–H and O–H groups in total. The van der Waals surface area contributed by atoms with Gasteiger partial charge < -0.3 is 5.11 Å². The van der Waals surface area contributed by atoms with E-state index in [9.17, 15) is 14.7 Å². The molecule has 116 valence electrons. The van der Waals surface area contributed by atoms with Crippen LogP contribution in [0.1, 0.15) is 31.7 Å². The van der Waals surface area contributed by atoms with Crippen LogP contribution in [0.4, 0.5) is 0 Å². The van der Waals surface area contributed by atoms with Crippen molar-refractivity contribution in [2.75, 3.05) is 0 Å². The number of phenols is 1. The van der Waals surface area contributed by atoms with E-state index in [0.29, 0.717) is 15.6 Å². The lowest BCUT2D eigenvalue weighted by molar-refractivity contribution is -0.133. The average molecular weight is 336 g/mol. The van der Waals surface area contributed by atoms with Gasteiger partial charge in [0.2, 0.25) is 5.91 Å². The molecule has 2 rings (SSSR count). The first-order chi connectivity index (χ1) is 10.5.